The molecule has 19 heavy (non-hydrogen) atoms. The fourth-order valence-corrected chi connectivity index (χ4v) is 1.57. The lowest BCUT2D eigenvalue weighted by Gasteiger charge is -2.10. The number of nitrogens with zero attached hydrogens (tertiary/aromatic N) is 1. The number of aromatic nitrogens is 1. The molecule has 0 fully saturated rings. The number of hydrogen-bond donors (Lipinski definition) is 1. The van der Waals surface area contributed by atoms with E-state index in [1.165, 1.54) is 19.4 Å². The van der Waals surface area contributed by atoms with Crippen LogP contribution in [0.1, 0.15) is 15.9 Å². The largest absolute Gasteiger partial charge is 0.488 e. The summed E-state index contributed by atoms with van der Waals surface area (Å²) < 4.78 is 10.3. The number of hydrogen-bond acceptors (Lipinski definition) is 5. The summed E-state index contributed by atoms with van der Waals surface area (Å²) >= 11 is 0. The Hall–Kier alpha value is -2.56. The van der Waals surface area contributed by atoms with Crippen molar-refractivity contribution < 1.29 is 14.3 Å². The number of rotatable bonds is 4. The van der Waals surface area contributed by atoms with Crippen LogP contribution in [-0.2, 0) is 11.3 Å². The number of methoxy groups -OCH3 is 1. The lowest BCUT2D eigenvalue weighted by atomic mass is 10.2. The number of pyridine rings is 1. The number of esters is 1. The van der Waals surface area contributed by atoms with E-state index in [2.05, 4.69) is 9.72 Å². The summed E-state index contributed by atoms with van der Waals surface area (Å²) in [4.78, 5) is 15.4. The lowest BCUT2D eigenvalue weighted by Crippen LogP contribution is -2.07. The van der Waals surface area contributed by atoms with Gasteiger partial charge < -0.3 is 15.2 Å². The van der Waals surface area contributed by atoms with Crippen LogP contribution < -0.4 is 10.5 Å². The monoisotopic (exact) mass is 258 g/mol. The van der Waals surface area contributed by atoms with Gasteiger partial charge in [0.05, 0.1) is 7.11 Å². The van der Waals surface area contributed by atoms with E-state index < -0.39 is 5.97 Å². The molecule has 0 aliphatic carbocycles. The molecule has 0 aliphatic rings. The first-order valence-electron chi connectivity index (χ1n) is 5.71. The molecule has 0 unspecified atom stereocenters. The van der Waals surface area contributed by atoms with Crippen molar-refractivity contribution in [2.75, 3.05) is 12.8 Å². The predicted octanol–water partition coefficient (Wildman–Crippen LogP) is 2.03. The Kier molecular flexibility index (Phi) is 3.97. The molecule has 98 valence electrons. The van der Waals surface area contributed by atoms with Gasteiger partial charge in [-0.05, 0) is 5.56 Å². The maximum Gasteiger partial charge on any atom is 0.343 e. The number of carbonyl (C=O) groups excluding carboxylic acids is 1. The van der Waals surface area contributed by atoms with E-state index in [-0.39, 0.29) is 11.4 Å². The second kappa shape index (κ2) is 5.86. The first kappa shape index (κ1) is 12.9. The van der Waals surface area contributed by atoms with Gasteiger partial charge in [-0.25, -0.2) is 9.78 Å². The van der Waals surface area contributed by atoms with E-state index in [1.807, 2.05) is 30.3 Å². The van der Waals surface area contributed by atoms with Crippen molar-refractivity contribution >= 4 is 11.8 Å². The molecule has 0 aliphatic heterocycles. The third-order valence-corrected chi connectivity index (χ3v) is 2.53. The van der Waals surface area contributed by atoms with Gasteiger partial charge in [0.2, 0.25) is 0 Å². The molecule has 2 rings (SSSR count). The summed E-state index contributed by atoms with van der Waals surface area (Å²) in [5, 5.41) is 0. The molecule has 0 saturated heterocycles. The Balaban J connectivity index is 2.19. The van der Waals surface area contributed by atoms with Gasteiger partial charge in [-0.3, -0.25) is 0 Å². The summed E-state index contributed by atoms with van der Waals surface area (Å²) in [6.45, 7) is 0.342. The van der Waals surface area contributed by atoms with Gasteiger partial charge in [-0.15, -0.1) is 0 Å². The number of benzene rings is 1. The van der Waals surface area contributed by atoms with Crippen LogP contribution in [0.2, 0.25) is 0 Å². The van der Waals surface area contributed by atoms with Crippen LogP contribution in [0.15, 0.2) is 42.6 Å². The maximum absolute atomic E-state index is 11.6. The van der Waals surface area contributed by atoms with E-state index in [0.29, 0.717) is 12.4 Å². The predicted molar refractivity (Wildman–Crippen MR) is 70.8 cm³/mol. The second-order valence-electron chi connectivity index (χ2n) is 3.87. The molecular formula is C14H14N2O3. The van der Waals surface area contributed by atoms with Crippen LogP contribution in [0, 0.1) is 0 Å². The molecule has 0 saturated carbocycles. The van der Waals surface area contributed by atoms with E-state index in [0.717, 1.165) is 5.56 Å². The van der Waals surface area contributed by atoms with E-state index >= 15 is 0 Å². The van der Waals surface area contributed by atoms with Gasteiger partial charge in [0, 0.05) is 12.3 Å². The average Bonchev–Trinajstić information content (AvgIpc) is 2.45. The van der Waals surface area contributed by atoms with Crippen molar-refractivity contribution in [3.63, 3.8) is 0 Å². The molecule has 1 aromatic heterocycles. The molecule has 1 heterocycles. The minimum absolute atomic E-state index is 0.257. The van der Waals surface area contributed by atoms with Crippen molar-refractivity contribution in [1.82, 2.24) is 4.98 Å². The topological polar surface area (TPSA) is 74.4 Å². The van der Waals surface area contributed by atoms with Crippen molar-refractivity contribution in [3.8, 4) is 5.75 Å². The minimum Gasteiger partial charge on any atom is -0.488 e. The highest BCUT2D eigenvalue weighted by atomic mass is 16.5. The van der Waals surface area contributed by atoms with Crippen LogP contribution in [0.4, 0.5) is 5.82 Å². The number of carbonyl (C=O) groups is 1. The van der Waals surface area contributed by atoms with Crippen molar-refractivity contribution in [3.05, 3.63) is 53.7 Å². The van der Waals surface area contributed by atoms with Crippen LogP contribution in [0.25, 0.3) is 0 Å². The van der Waals surface area contributed by atoms with Gasteiger partial charge in [0.25, 0.3) is 0 Å². The zero-order valence-electron chi connectivity index (χ0n) is 10.5. The molecule has 2 N–H and O–H groups in total. The summed E-state index contributed by atoms with van der Waals surface area (Å²) in [6, 6.07) is 11.1. The van der Waals surface area contributed by atoms with Gasteiger partial charge in [0.15, 0.2) is 0 Å². The molecule has 0 amide bonds. The van der Waals surface area contributed by atoms with Gasteiger partial charge in [-0.1, -0.05) is 30.3 Å². The SMILES string of the molecule is COC(=O)c1cnc(N)cc1OCc1ccccc1. The molecular weight excluding hydrogens is 244 g/mol. The normalized spacial score (nSPS) is 9.95. The standard InChI is InChI=1S/C14H14N2O3/c1-18-14(17)11-8-16-13(15)7-12(11)19-9-10-5-3-2-4-6-10/h2-8H,9H2,1H3,(H2,15,16). The number of nitrogens with two attached hydrogens (primary N) is 1. The molecule has 5 nitrogen and oxygen atoms in total. The van der Waals surface area contributed by atoms with Crippen LogP contribution in [0.5, 0.6) is 5.75 Å². The molecule has 0 spiro atoms. The van der Waals surface area contributed by atoms with Crippen LogP contribution >= 0.6 is 0 Å². The number of anilines is 1. The third-order valence-electron chi connectivity index (χ3n) is 2.53. The molecule has 1 aromatic carbocycles. The van der Waals surface area contributed by atoms with E-state index in [4.69, 9.17) is 10.5 Å². The van der Waals surface area contributed by atoms with Crippen LogP contribution in [0.3, 0.4) is 0 Å². The van der Waals surface area contributed by atoms with Gasteiger partial charge in [-0.2, -0.15) is 0 Å². The summed E-state index contributed by atoms with van der Waals surface area (Å²) in [5.74, 6) is 0.148. The fourth-order valence-electron chi connectivity index (χ4n) is 1.57. The van der Waals surface area contributed by atoms with Crippen molar-refractivity contribution in [2.24, 2.45) is 0 Å². The van der Waals surface area contributed by atoms with Crippen molar-refractivity contribution in [1.29, 1.82) is 0 Å². The summed E-state index contributed by atoms with van der Waals surface area (Å²) in [7, 11) is 1.31. The highest BCUT2D eigenvalue weighted by Crippen LogP contribution is 2.21. The molecule has 0 bridgehead atoms. The second-order valence-corrected chi connectivity index (χ2v) is 3.87. The first-order chi connectivity index (χ1) is 9.20. The zero-order chi connectivity index (χ0) is 13.7. The highest BCUT2D eigenvalue weighted by Gasteiger charge is 2.14. The smallest absolute Gasteiger partial charge is 0.343 e. The zero-order valence-corrected chi connectivity index (χ0v) is 10.5. The van der Waals surface area contributed by atoms with Crippen molar-refractivity contribution in [2.45, 2.75) is 6.61 Å². The summed E-state index contributed by atoms with van der Waals surface area (Å²) in [6.07, 6.45) is 1.35. The Bertz CT molecular complexity index is 570. The third kappa shape index (κ3) is 3.22. The first-order valence-corrected chi connectivity index (χ1v) is 5.71. The number of nitrogen functional groups attached to an aromatic ring is 1. The Morgan fingerprint density at radius 1 is 1.32 bits per heavy atom. The lowest BCUT2D eigenvalue weighted by molar-refractivity contribution is 0.0595. The average molecular weight is 258 g/mol. The molecule has 5 heteroatoms. The molecule has 2 aromatic rings. The number of ether oxygens (including phenoxy) is 2. The minimum atomic E-state index is -0.504. The van der Waals surface area contributed by atoms with E-state index in [1.54, 1.807) is 0 Å². The Morgan fingerprint density at radius 3 is 2.74 bits per heavy atom. The highest BCUT2D eigenvalue weighted by molar-refractivity contribution is 5.92. The van der Waals surface area contributed by atoms with Crippen LogP contribution in [-0.4, -0.2) is 18.1 Å². The maximum atomic E-state index is 11.6. The Labute approximate surface area is 111 Å². The molecule has 0 atom stereocenters. The van der Waals surface area contributed by atoms with E-state index in [9.17, 15) is 4.79 Å². The molecule has 0 radical (unpaired) electrons. The Morgan fingerprint density at radius 2 is 2.05 bits per heavy atom. The quantitative estimate of drug-likeness (QED) is 0.849. The van der Waals surface area contributed by atoms with Gasteiger partial charge >= 0.3 is 5.97 Å². The summed E-state index contributed by atoms with van der Waals surface area (Å²) in [5.41, 5.74) is 6.85. The fraction of sp³-hybridized carbons (Fsp3) is 0.143. The van der Waals surface area contributed by atoms with Gasteiger partial charge in [0.1, 0.15) is 23.7 Å².